The topological polar surface area (TPSA) is 80.8 Å². The molecule has 2 aromatic rings. The van der Waals surface area contributed by atoms with E-state index < -0.39 is 11.9 Å². The monoisotopic (exact) mass is 325 g/mol. The summed E-state index contributed by atoms with van der Waals surface area (Å²) in [5, 5.41) is 8.69. The highest BCUT2D eigenvalue weighted by Gasteiger charge is 2.11. The van der Waals surface area contributed by atoms with E-state index in [0.29, 0.717) is 30.0 Å². The first kappa shape index (κ1) is 17.2. The fraction of sp³-hybridized carbons (Fsp3) is 0.222. The molecule has 0 heterocycles. The second kappa shape index (κ2) is 7.88. The van der Waals surface area contributed by atoms with Gasteiger partial charge in [0.1, 0.15) is 11.5 Å². The first-order valence-electron chi connectivity index (χ1n) is 7.41. The number of nitrogens with zero attached hydrogens (tertiary/aromatic N) is 2. The Morgan fingerprint density at radius 3 is 2.21 bits per heavy atom. The third kappa shape index (κ3) is 4.92. The van der Waals surface area contributed by atoms with Crippen molar-refractivity contribution in [2.24, 2.45) is 0 Å². The van der Waals surface area contributed by atoms with E-state index in [1.54, 1.807) is 30.3 Å². The van der Waals surface area contributed by atoms with E-state index in [1.165, 1.54) is 13.8 Å². The van der Waals surface area contributed by atoms with Gasteiger partial charge in [-0.3, -0.25) is 9.59 Å². The van der Waals surface area contributed by atoms with Gasteiger partial charge in [-0.15, -0.1) is 0 Å². The molecule has 2 aromatic carbocycles. The van der Waals surface area contributed by atoms with E-state index in [9.17, 15) is 9.59 Å². The number of hydrogen-bond donors (Lipinski definition) is 0. The number of rotatable bonds is 5. The third-order valence-corrected chi connectivity index (χ3v) is 3.28. The van der Waals surface area contributed by atoms with Gasteiger partial charge in [0.25, 0.3) is 0 Å². The predicted octanol–water partition coefficient (Wildman–Crippen LogP) is 3.81. The minimum Gasteiger partial charge on any atom is -0.427 e. The van der Waals surface area contributed by atoms with Gasteiger partial charge in [-0.1, -0.05) is 12.1 Å². The van der Waals surface area contributed by atoms with Crippen LogP contribution < -0.4 is 9.47 Å². The summed E-state index contributed by atoms with van der Waals surface area (Å²) in [4.78, 5) is 25.4. The van der Waals surface area contributed by atoms with E-state index in [-0.39, 0.29) is 0 Å². The molecule has 2 rings (SSSR count). The molecule has 122 valence electrons. The normalized spacial score (nSPS) is 9.88. The van der Waals surface area contributed by atoms with Crippen molar-refractivity contribution in [2.75, 3.05) is 0 Å². The average molecular weight is 325 g/mol. The van der Waals surface area contributed by atoms with Crippen LogP contribution in [0.1, 0.15) is 25.0 Å². The van der Waals surface area contributed by atoms with E-state index in [0.717, 1.165) is 11.1 Å². The predicted molar refractivity (Wildman–Crippen MR) is 87.7 cm³/mol. The summed E-state index contributed by atoms with van der Waals surface area (Å²) in [5.74, 6) is 0.0261. The first-order chi connectivity index (χ1) is 11.5. The SMILES string of the molecule is CC(=O)Oc1ccc(OC(C)=O)c(CCc2ccc([N+]#N)cc2)c1. The molecule has 0 N–H and O–H groups in total. The molecule has 0 aliphatic heterocycles. The summed E-state index contributed by atoms with van der Waals surface area (Å²) in [6, 6.07) is 12.0. The molecule has 0 aromatic heterocycles. The highest BCUT2D eigenvalue weighted by atomic mass is 16.5. The van der Waals surface area contributed by atoms with Gasteiger partial charge in [-0.2, -0.15) is 0 Å². The summed E-state index contributed by atoms with van der Waals surface area (Å²) in [5.41, 5.74) is 2.28. The van der Waals surface area contributed by atoms with E-state index in [4.69, 9.17) is 14.9 Å². The molecule has 0 amide bonds. The molecular formula is C18H17N2O4+. The third-order valence-electron chi connectivity index (χ3n) is 3.28. The summed E-state index contributed by atoms with van der Waals surface area (Å²) < 4.78 is 10.3. The van der Waals surface area contributed by atoms with Crippen LogP contribution in [0.25, 0.3) is 4.98 Å². The van der Waals surface area contributed by atoms with Crippen LogP contribution in [0, 0.1) is 5.39 Å². The lowest BCUT2D eigenvalue weighted by molar-refractivity contribution is -0.133. The van der Waals surface area contributed by atoms with Crippen LogP contribution in [0.4, 0.5) is 5.69 Å². The quantitative estimate of drug-likeness (QED) is 0.474. The molecule has 0 unspecified atom stereocenters. The zero-order valence-corrected chi connectivity index (χ0v) is 13.5. The van der Waals surface area contributed by atoms with Crippen LogP contribution in [-0.4, -0.2) is 11.9 Å². The van der Waals surface area contributed by atoms with Crippen molar-refractivity contribution in [3.8, 4) is 11.5 Å². The molecule has 0 spiro atoms. The van der Waals surface area contributed by atoms with Crippen molar-refractivity contribution < 1.29 is 19.1 Å². The Morgan fingerprint density at radius 2 is 1.62 bits per heavy atom. The van der Waals surface area contributed by atoms with Crippen molar-refractivity contribution in [3.63, 3.8) is 0 Å². The van der Waals surface area contributed by atoms with Crippen molar-refractivity contribution in [3.05, 3.63) is 58.6 Å². The van der Waals surface area contributed by atoms with Gasteiger partial charge in [-0.05, 0) is 42.2 Å². The van der Waals surface area contributed by atoms with E-state index in [1.807, 2.05) is 12.1 Å². The lowest BCUT2D eigenvalue weighted by atomic mass is 10.0. The number of diazo groups is 1. The van der Waals surface area contributed by atoms with Gasteiger partial charge in [0, 0.05) is 26.0 Å². The Bertz CT molecular complexity index is 792. The largest absolute Gasteiger partial charge is 0.427 e. The van der Waals surface area contributed by atoms with Gasteiger partial charge in [0.15, 0.2) is 4.98 Å². The number of esters is 2. The molecule has 24 heavy (non-hydrogen) atoms. The van der Waals surface area contributed by atoms with Crippen molar-refractivity contribution in [2.45, 2.75) is 26.7 Å². The Hall–Kier alpha value is -3.20. The smallest absolute Gasteiger partial charge is 0.385 e. The lowest BCUT2D eigenvalue weighted by Crippen LogP contribution is -2.06. The summed E-state index contributed by atoms with van der Waals surface area (Å²) in [6.07, 6.45) is 1.27. The number of hydrogen-bond acceptors (Lipinski definition) is 5. The van der Waals surface area contributed by atoms with Crippen molar-refractivity contribution in [1.29, 1.82) is 5.39 Å². The van der Waals surface area contributed by atoms with Crippen molar-refractivity contribution >= 4 is 17.6 Å². The molecule has 6 nitrogen and oxygen atoms in total. The minimum atomic E-state index is -0.412. The maximum Gasteiger partial charge on any atom is 0.385 e. The van der Waals surface area contributed by atoms with Gasteiger partial charge in [0.2, 0.25) is 5.39 Å². The average Bonchev–Trinajstić information content (AvgIpc) is 2.54. The summed E-state index contributed by atoms with van der Waals surface area (Å²) in [7, 11) is 0. The maximum absolute atomic E-state index is 11.2. The van der Waals surface area contributed by atoms with Crippen molar-refractivity contribution in [1.82, 2.24) is 0 Å². The lowest BCUT2D eigenvalue weighted by Gasteiger charge is -2.11. The molecule has 0 aliphatic carbocycles. The molecule has 0 saturated carbocycles. The molecule has 0 bridgehead atoms. The van der Waals surface area contributed by atoms with E-state index in [2.05, 4.69) is 4.98 Å². The fourth-order valence-corrected chi connectivity index (χ4v) is 2.24. The zero-order chi connectivity index (χ0) is 17.5. The molecule has 0 saturated heterocycles. The van der Waals surface area contributed by atoms with E-state index >= 15 is 0 Å². The Kier molecular flexibility index (Phi) is 5.63. The molecular weight excluding hydrogens is 308 g/mol. The van der Waals surface area contributed by atoms with Crippen LogP contribution >= 0.6 is 0 Å². The highest BCUT2D eigenvalue weighted by molar-refractivity contribution is 5.71. The second-order valence-corrected chi connectivity index (χ2v) is 5.22. The number of aryl methyl sites for hydroxylation is 2. The molecule has 0 aliphatic rings. The van der Waals surface area contributed by atoms with Crippen LogP contribution in [0.5, 0.6) is 11.5 Å². The molecule has 6 heteroatoms. The Morgan fingerprint density at radius 1 is 0.958 bits per heavy atom. The van der Waals surface area contributed by atoms with Crippen LogP contribution in [0.2, 0.25) is 0 Å². The van der Waals surface area contributed by atoms with Gasteiger partial charge in [0.05, 0.1) is 0 Å². The standard InChI is InChI=1S/C18H17N2O4/c1-12(21)23-17-9-10-18(24-13(2)22)15(11-17)6-3-14-4-7-16(20-19)8-5-14/h4-5,7-11H,3,6H2,1-2H3/q+1. The zero-order valence-electron chi connectivity index (χ0n) is 13.5. The fourth-order valence-electron chi connectivity index (χ4n) is 2.24. The van der Waals surface area contributed by atoms with Gasteiger partial charge >= 0.3 is 17.6 Å². The Labute approximate surface area is 139 Å². The molecule has 0 fully saturated rings. The summed E-state index contributed by atoms with van der Waals surface area (Å²) >= 11 is 0. The first-order valence-corrected chi connectivity index (χ1v) is 7.41. The molecule has 0 atom stereocenters. The van der Waals surface area contributed by atoms with Crippen LogP contribution in [-0.2, 0) is 22.4 Å². The highest BCUT2D eigenvalue weighted by Crippen LogP contribution is 2.26. The number of carbonyl (C=O) groups is 2. The number of benzene rings is 2. The van der Waals surface area contributed by atoms with Crippen LogP contribution in [0.3, 0.4) is 0 Å². The maximum atomic E-state index is 11.2. The second-order valence-electron chi connectivity index (χ2n) is 5.22. The number of carbonyl (C=O) groups excluding carboxylic acids is 2. The van der Waals surface area contributed by atoms with Gasteiger partial charge in [-0.25, -0.2) is 0 Å². The Balaban J connectivity index is 2.19. The summed E-state index contributed by atoms with van der Waals surface area (Å²) in [6.45, 7) is 2.66. The van der Waals surface area contributed by atoms with Gasteiger partial charge < -0.3 is 9.47 Å². The van der Waals surface area contributed by atoms with Crippen LogP contribution in [0.15, 0.2) is 42.5 Å². The number of ether oxygens (including phenoxy) is 2. The molecule has 0 radical (unpaired) electrons. The minimum absolute atomic E-state index is 0.405.